The summed E-state index contributed by atoms with van der Waals surface area (Å²) in [5, 5.41) is 3.37. The summed E-state index contributed by atoms with van der Waals surface area (Å²) >= 11 is 0. The number of ether oxygens (including phenoxy) is 1. The fourth-order valence-electron chi connectivity index (χ4n) is 2.98. The standard InChI is InChI=1S/C17H26N2O2/c1-3-14-13-19(11-9-16(14)18-2)17(20)10-12-21-15-7-5-4-6-8-15/h4-8,14,16,18H,3,9-13H2,1-2H3. The van der Waals surface area contributed by atoms with Crippen molar-refractivity contribution < 1.29 is 9.53 Å². The van der Waals surface area contributed by atoms with E-state index < -0.39 is 0 Å². The summed E-state index contributed by atoms with van der Waals surface area (Å²) in [6.45, 7) is 4.37. The van der Waals surface area contributed by atoms with Crippen molar-refractivity contribution in [3.8, 4) is 5.75 Å². The van der Waals surface area contributed by atoms with Gasteiger partial charge in [-0.05, 0) is 31.5 Å². The smallest absolute Gasteiger partial charge is 0.226 e. The lowest BCUT2D eigenvalue weighted by atomic mass is 9.90. The number of likely N-dealkylation sites (tertiary alicyclic amines) is 1. The van der Waals surface area contributed by atoms with E-state index in [-0.39, 0.29) is 5.91 Å². The van der Waals surface area contributed by atoms with E-state index in [0.717, 1.165) is 31.7 Å². The first kappa shape index (κ1) is 15.8. The number of amides is 1. The molecule has 1 saturated heterocycles. The summed E-state index contributed by atoms with van der Waals surface area (Å²) in [7, 11) is 2.01. The highest BCUT2D eigenvalue weighted by molar-refractivity contribution is 5.76. The van der Waals surface area contributed by atoms with Crippen LogP contribution in [0, 0.1) is 5.92 Å². The molecule has 21 heavy (non-hydrogen) atoms. The second-order valence-electron chi connectivity index (χ2n) is 5.60. The van der Waals surface area contributed by atoms with E-state index in [4.69, 9.17) is 4.74 Å². The Bertz CT molecular complexity index is 436. The van der Waals surface area contributed by atoms with E-state index in [1.165, 1.54) is 0 Å². The van der Waals surface area contributed by atoms with Crippen LogP contribution in [0.2, 0.25) is 0 Å². The fourth-order valence-corrected chi connectivity index (χ4v) is 2.98. The van der Waals surface area contributed by atoms with Crippen molar-refractivity contribution in [1.82, 2.24) is 10.2 Å². The molecule has 0 spiro atoms. The highest BCUT2D eigenvalue weighted by atomic mass is 16.5. The van der Waals surface area contributed by atoms with Gasteiger partial charge < -0.3 is 15.0 Å². The molecule has 0 bridgehead atoms. The summed E-state index contributed by atoms with van der Waals surface area (Å²) in [6, 6.07) is 10.2. The third kappa shape index (κ3) is 4.46. The number of carbonyl (C=O) groups excluding carboxylic acids is 1. The van der Waals surface area contributed by atoms with Crippen LogP contribution in [0.3, 0.4) is 0 Å². The van der Waals surface area contributed by atoms with Gasteiger partial charge in [0.25, 0.3) is 0 Å². The van der Waals surface area contributed by atoms with Crippen LogP contribution in [0.25, 0.3) is 0 Å². The molecule has 0 aliphatic carbocycles. The monoisotopic (exact) mass is 290 g/mol. The van der Waals surface area contributed by atoms with Gasteiger partial charge in [0.15, 0.2) is 0 Å². The number of piperidine rings is 1. The van der Waals surface area contributed by atoms with Crippen LogP contribution in [0.15, 0.2) is 30.3 Å². The van der Waals surface area contributed by atoms with Crippen LogP contribution in [0.4, 0.5) is 0 Å². The molecule has 1 fully saturated rings. The van der Waals surface area contributed by atoms with Gasteiger partial charge in [-0.25, -0.2) is 0 Å². The number of hydrogen-bond acceptors (Lipinski definition) is 3. The van der Waals surface area contributed by atoms with Gasteiger partial charge in [-0.1, -0.05) is 31.5 Å². The largest absolute Gasteiger partial charge is 0.493 e. The van der Waals surface area contributed by atoms with Crippen molar-refractivity contribution in [3.05, 3.63) is 30.3 Å². The minimum atomic E-state index is 0.207. The van der Waals surface area contributed by atoms with Crippen molar-refractivity contribution >= 4 is 5.91 Å². The van der Waals surface area contributed by atoms with Crippen LogP contribution in [-0.2, 0) is 4.79 Å². The Morgan fingerprint density at radius 3 is 2.81 bits per heavy atom. The van der Waals surface area contributed by atoms with Gasteiger partial charge in [0, 0.05) is 19.1 Å². The average molecular weight is 290 g/mol. The fraction of sp³-hybridized carbons (Fsp3) is 0.588. The number of benzene rings is 1. The van der Waals surface area contributed by atoms with Gasteiger partial charge in [-0.15, -0.1) is 0 Å². The predicted molar refractivity (Wildman–Crippen MR) is 84.4 cm³/mol. The summed E-state index contributed by atoms with van der Waals surface area (Å²) in [4.78, 5) is 14.3. The first-order chi connectivity index (χ1) is 10.2. The van der Waals surface area contributed by atoms with E-state index in [1.807, 2.05) is 42.3 Å². The van der Waals surface area contributed by atoms with Crippen molar-refractivity contribution in [3.63, 3.8) is 0 Å². The Morgan fingerprint density at radius 1 is 1.38 bits per heavy atom. The minimum Gasteiger partial charge on any atom is -0.493 e. The Morgan fingerprint density at radius 2 is 2.14 bits per heavy atom. The van der Waals surface area contributed by atoms with E-state index in [0.29, 0.717) is 25.0 Å². The third-order valence-corrected chi connectivity index (χ3v) is 4.31. The van der Waals surface area contributed by atoms with Gasteiger partial charge in [-0.3, -0.25) is 4.79 Å². The highest BCUT2D eigenvalue weighted by Gasteiger charge is 2.29. The summed E-state index contributed by atoms with van der Waals surface area (Å²) < 4.78 is 5.60. The lowest BCUT2D eigenvalue weighted by Crippen LogP contribution is -2.50. The molecule has 4 nitrogen and oxygen atoms in total. The van der Waals surface area contributed by atoms with Crippen molar-refractivity contribution in [2.45, 2.75) is 32.2 Å². The van der Waals surface area contributed by atoms with E-state index >= 15 is 0 Å². The van der Waals surface area contributed by atoms with Crippen LogP contribution in [0.5, 0.6) is 5.75 Å². The number of rotatable bonds is 6. The predicted octanol–water partition coefficient (Wildman–Crippen LogP) is 2.30. The zero-order chi connectivity index (χ0) is 15.1. The molecule has 2 atom stereocenters. The first-order valence-electron chi connectivity index (χ1n) is 7.87. The van der Waals surface area contributed by atoms with Gasteiger partial charge in [-0.2, -0.15) is 0 Å². The quantitative estimate of drug-likeness (QED) is 0.874. The molecule has 1 N–H and O–H groups in total. The third-order valence-electron chi connectivity index (χ3n) is 4.31. The van der Waals surface area contributed by atoms with Crippen molar-refractivity contribution in [2.24, 2.45) is 5.92 Å². The van der Waals surface area contributed by atoms with Crippen LogP contribution < -0.4 is 10.1 Å². The maximum atomic E-state index is 12.3. The number of nitrogens with one attached hydrogen (secondary N) is 1. The van der Waals surface area contributed by atoms with Crippen LogP contribution in [0.1, 0.15) is 26.2 Å². The molecule has 0 saturated carbocycles. The molecule has 1 heterocycles. The zero-order valence-electron chi connectivity index (χ0n) is 13.0. The molecule has 4 heteroatoms. The lowest BCUT2D eigenvalue weighted by Gasteiger charge is -2.38. The lowest BCUT2D eigenvalue weighted by molar-refractivity contribution is -0.133. The van der Waals surface area contributed by atoms with Crippen LogP contribution in [-0.4, -0.2) is 43.6 Å². The van der Waals surface area contributed by atoms with E-state index in [9.17, 15) is 4.79 Å². The van der Waals surface area contributed by atoms with Crippen molar-refractivity contribution in [2.75, 3.05) is 26.7 Å². The van der Waals surface area contributed by atoms with Crippen molar-refractivity contribution in [1.29, 1.82) is 0 Å². The normalized spacial score (nSPS) is 22.1. The minimum absolute atomic E-state index is 0.207. The molecular formula is C17H26N2O2. The maximum Gasteiger partial charge on any atom is 0.226 e. The van der Waals surface area contributed by atoms with Gasteiger partial charge in [0.1, 0.15) is 5.75 Å². The highest BCUT2D eigenvalue weighted by Crippen LogP contribution is 2.20. The SMILES string of the molecule is CCC1CN(C(=O)CCOc2ccccc2)CCC1NC. The van der Waals surface area contributed by atoms with Gasteiger partial charge >= 0.3 is 0 Å². The number of nitrogens with zero attached hydrogens (tertiary/aromatic N) is 1. The second-order valence-corrected chi connectivity index (χ2v) is 5.60. The molecule has 2 unspecified atom stereocenters. The molecular weight excluding hydrogens is 264 g/mol. The van der Waals surface area contributed by atoms with Gasteiger partial charge in [0.2, 0.25) is 5.91 Å². The summed E-state index contributed by atoms with van der Waals surface area (Å²) in [5.41, 5.74) is 0. The topological polar surface area (TPSA) is 41.6 Å². The molecule has 2 rings (SSSR count). The molecule has 1 aliphatic rings. The molecule has 1 aliphatic heterocycles. The second kappa shape index (κ2) is 8.03. The van der Waals surface area contributed by atoms with E-state index in [2.05, 4.69) is 12.2 Å². The van der Waals surface area contributed by atoms with E-state index in [1.54, 1.807) is 0 Å². The molecule has 116 valence electrons. The Kier molecular flexibility index (Phi) is 6.05. The molecule has 1 amide bonds. The van der Waals surface area contributed by atoms with Gasteiger partial charge in [0.05, 0.1) is 13.0 Å². The van der Waals surface area contributed by atoms with Crippen LogP contribution >= 0.6 is 0 Å². The zero-order valence-corrected chi connectivity index (χ0v) is 13.0. The number of para-hydroxylation sites is 1. The Balaban J connectivity index is 1.76. The molecule has 1 aromatic rings. The Labute approximate surface area is 127 Å². The average Bonchev–Trinajstić information content (AvgIpc) is 2.55. The Hall–Kier alpha value is -1.55. The first-order valence-corrected chi connectivity index (χ1v) is 7.87. The summed E-state index contributed by atoms with van der Waals surface area (Å²) in [6.07, 6.45) is 2.60. The number of carbonyl (C=O) groups is 1. The molecule has 1 aromatic carbocycles. The number of hydrogen-bond donors (Lipinski definition) is 1. The maximum absolute atomic E-state index is 12.3. The summed E-state index contributed by atoms with van der Waals surface area (Å²) in [5.74, 6) is 1.59. The molecule has 0 radical (unpaired) electrons. The molecule has 0 aromatic heterocycles.